The number of hydrogen-bond acceptors (Lipinski definition) is 0. The molecule has 0 bridgehead atoms. The Morgan fingerprint density at radius 1 is 0.800 bits per heavy atom. The molecule has 1 aromatic heterocycles. The fourth-order valence-corrected chi connectivity index (χ4v) is 2.82. The molecule has 1 nitrogen and oxygen atoms in total. The van der Waals surface area contributed by atoms with Crippen LogP contribution in [-0.4, -0.2) is 0 Å². The number of aromatic nitrogens is 1. The number of hydrogen-bond donors (Lipinski definition) is 0. The normalized spacial score (nSPS) is 11.0. The van der Waals surface area contributed by atoms with E-state index in [9.17, 15) is 0 Å². The molecule has 0 aliphatic carbocycles. The molecule has 100 valence electrons. The third-order valence-electron chi connectivity index (χ3n) is 3.94. The molecule has 0 spiro atoms. The van der Waals surface area contributed by atoms with Crippen molar-refractivity contribution >= 4 is 10.8 Å². The van der Waals surface area contributed by atoms with Crippen LogP contribution in [0.1, 0.15) is 16.7 Å². The molecule has 0 saturated carbocycles. The summed E-state index contributed by atoms with van der Waals surface area (Å²) in [6.07, 6.45) is 2.15. The van der Waals surface area contributed by atoms with Gasteiger partial charge < -0.3 is 0 Å². The van der Waals surface area contributed by atoms with Crippen molar-refractivity contribution < 1.29 is 4.57 Å². The van der Waals surface area contributed by atoms with Crippen LogP contribution in [-0.2, 0) is 7.05 Å². The van der Waals surface area contributed by atoms with Gasteiger partial charge in [0.1, 0.15) is 7.05 Å². The highest BCUT2D eigenvalue weighted by Gasteiger charge is 2.16. The standard InChI is InChI=1S/C19H20N/c1-13-6-8-17-16(11-13)9-10-20(4)19(17)18-12-14(2)5-7-15(18)3/h5-12H,1-4H3/q+1. The van der Waals surface area contributed by atoms with Crippen LogP contribution >= 0.6 is 0 Å². The first-order chi connectivity index (χ1) is 9.56. The maximum atomic E-state index is 2.28. The minimum Gasteiger partial charge on any atom is -0.200 e. The summed E-state index contributed by atoms with van der Waals surface area (Å²) in [7, 11) is 2.12. The Morgan fingerprint density at radius 3 is 2.30 bits per heavy atom. The fourth-order valence-electron chi connectivity index (χ4n) is 2.82. The lowest BCUT2D eigenvalue weighted by Gasteiger charge is -2.09. The highest BCUT2D eigenvalue weighted by atomic mass is 14.9. The predicted octanol–water partition coefficient (Wildman–Crippen LogP) is 4.26. The van der Waals surface area contributed by atoms with E-state index < -0.39 is 0 Å². The quantitative estimate of drug-likeness (QED) is 0.577. The van der Waals surface area contributed by atoms with Crippen LogP contribution in [0.25, 0.3) is 22.0 Å². The fraction of sp³-hybridized carbons (Fsp3) is 0.211. The maximum absolute atomic E-state index is 2.28. The van der Waals surface area contributed by atoms with Gasteiger partial charge in [-0.2, -0.15) is 0 Å². The van der Waals surface area contributed by atoms with Gasteiger partial charge in [0, 0.05) is 11.6 Å². The second kappa shape index (κ2) is 4.75. The van der Waals surface area contributed by atoms with Gasteiger partial charge in [0.05, 0.1) is 5.39 Å². The van der Waals surface area contributed by atoms with E-state index in [1.807, 2.05) is 0 Å². The minimum absolute atomic E-state index is 1.30. The minimum atomic E-state index is 1.30. The van der Waals surface area contributed by atoms with Gasteiger partial charge in [-0.15, -0.1) is 0 Å². The third-order valence-corrected chi connectivity index (χ3v) is 3.94. The molecule has 1 heterocycles. The van der Waals surface area contributed by atoms with Gasteiger partial charge in [-0.05, 0) is 43.9 Å². The number of pyridine rings is 1. The molecule has 0 amide bonds. The van der Waals surface area contributed by atoms with E-state index in [1.54, 1.807) is 0 Å². The summed E-state index contributed by atoms with van der Waals surface area (Å²) in [5.74, 6) is 0. The first-order valence-electron chi connectivity index (χ1n) is 7.03. The molecule has 0 aliphatic heterocycles. The van der Waals surface area contributed by atoms with Crippen molar-refractivity contribution in [3.8, 4) is 11.3 Å². The van der Waals surface area contributed by atoms with Gasteiger partial charge in [0.2, 0.25) is 5.69 Å². The number of rotatable bonds is 1. The Labute approximate surface area is 120 Å². The summed E-state index contributed by atoms with van der Waals surface area (Å²) >= 11 is 0. The van der Waals surface area contributed by atoms with E-state index in [1.165, 1.54) is 38.7 Å². The summed E-state index contributed by atoms with van der Waals surface area (Å²) in [6, 6.07) is 15.5. The molecule has 0 fully saturated rings. The van der Waals surface area contributed by atoms with Gasteiger partial charge in [-0.25, -0.2) is 4.57 Å². The molecule has 20 heavy (non-hydrogen) atoms. The van der Waals surface area contributed by atoms with Gasteiger partial charge in [-0.1, -0.05) is 35.4 Å². The summed E-state index contributed by atoms with van der Waals surface area (Å²) < 4.78 is 2.22. The number of benzene rings is 2. The Balaban J connectivity index is 2.40. The van der Waals surface area contributed by atoms with Crippen LogP contribution < -0.4 is 4.57 Å². The average Bonchev–Trinajstić information content (AvgIpc) is 2.42. The second-order valence-corrected chi connectivity index (χ2v) is 5.68. The zero-order chi connectivity index (χ0) is 14.3. The van der Waals surface area contributed by atoms with Crippen LogP contribution in [0.5, 0.6) is 0 Å². The van der Waals surface area contributed by atoms with Crippen molar-refractivity contribution in [2.45, 2.75) is 20.8 Å². The van der Waals surface area contributed by atoms with Crippen molar-refractivity contribution in [2.24, 2.45) is 7.05 Å². The highest BCUT2D eigenvalue weighted by molar-refractivity contribution is 5.94. The number of fused-ring (bicyclic) bond motifs is 1. The Hall–Kier alpha value is -2.15. The summed E-state index contributed by atoms with van der Waals surface area (Å²) in [6.45, 7) is 6.48. The molecular weight excluding hydrogens is 242 g/mol. The largest absolute Gasteiger partial charge is 0.220 e. The van der Waals surface area contributed by atoms with Crippen LogP contribution in [0.2, 0.25) is 0 Å². The maximum Gasteiger partial charge on any atom is 0.220 e. The highest BCUT2D eigenvalue weighted by Crippen LogP contribution is 2.28. The zero-order valence-corrected chi connectivity index (χ0v) is 12.6. The molecule has 0 saturated heterocycles. The van der Waals surface area contributed by atoms with Gasteiger partial charge in [-0.3, -0.25) is 0 Å². The van der Waals surface area contributed by atoms with Crippen molar-refractivity contribution in [2.75, 3.05) is 0 Å². The van der Waals surface area contributed by atoms with E-state index >= 15 is 0 Å². The SMILES string of the molecule is Cc1ccc(C)c(-c2c3ccc(C)cc3cc[n+]2C)c1. The van der Waals surface area contributed by atoms with Gasteiger partial charge in [0.15, 0.2) is 6.20 Å². The Bertz CT molecular complexity index is 800. The smallest absolute Gasteiger partial charge is 0.200 e. The topological polar surface area (TPSA) is 3.88 Å². The van der Waals surface area contributed by atoms with Gasteiger partial charge in [0.25, 0.3) is 0 Å². The summed E-state index contributed by atoms with van der Waals surface area (Å²) in [4.78, 5) is 0. The van der Waals surface area contributed by atoms with E-state index in [4.69, 9.17) is 0 Å². The van der Waals surface area contributed by atoms with Crippen molar-refractivity contribution in [3.63, 3.8) is 0 Å². The third kappa shape index (κ3) is 2.09. The molecular formula is C19H20N+. The lowest BCUT2D eigenvalue weighted by Crippen LogP contribution is -2.30. The monoisotopic (exact) mass is 262 g/mol. The molecule has 0 unspecified atom stereocenters. The molecule has 1 heteroatoms. The van der Waals surface area contributed by atoms with E-state index in [2.05, 4.69) is 81.0 Å². The molecule has 0 radical (unpaired) electrons. The number of nitrogens with zero attached hydrogens (tertiary/aromatic N) is 1. The molecule has 0 aliphatic rings. The average molecular weight is 262 g/mol. The predicted molar refractivity (Wildman–Crippen MR) is 84.8 cm³/mol. The zero-order valence-electron chi connectivity index (χ0n) is 12.6. The first-order valence-corrected chi connectivity index (χ1v) is 7.03. The van der Waals surface area contributed by atoms with Crippen molar-refractivity contribution in [3.05, 3.63) is 65.4 Å². The lowest BCUT2D eigenvalue weighted by atomic mass is 9.97. The number of aryl methyl sites for hydroxylation is 4. The molecule has 3 aromatic rings. The molecule has 2 aromatic carbocycles. The summed E-state index contributed by atoms with van der Waals surface area (Å²) in [5, 5.41) is 2.62. The summed E-state index contributed by atoms with van der Waals surface area (Å²) in [5.41, 5.74) is 6.54. The van der Waals surface area contributed by atoms with Crippen LogP contribution in [0.15, 0.2) is 48.7 Å². The second-order valence-electron chi connectivity index (χ2n) is 5.68. The van der Waals surface area contributed by atoms with Crippen LogP contribution in [0, 0.1) is 20.8 Å². The van der Waals surface area contributed by atoms with E-state index in [-0.39, 0.29) is 0 Å². The van der Waals surface area contributed by atoms with Crippen LogP contribution in [0.3, 0.4) is 0 Å². The Morgan fingerprint density at radius 2 is 1.50 bits per heavy atom. The lowest BCUT2D eigenvalue weighted by molar-refractivity contribution is -0.659. The van der Waals surface area contributed by atoms with Gasteiger partial charge >= 0.3 is 0 Å². The van der Waals surface area contributed by atoms with Crippen LogP contribution in [0.4, 0.5) is 0 Å². The molecule has 3 rings (SSSR count). The first kappa shape index (κ1) is 12.9. The van der Waals surface area contributed by atoms with E-state index in [0.717, 1.165) is 0 Å². The van der Waals surface area contributed by atoms with E-state index in [0.29, 0.717) is 0 Å². The Kier molecular flexibility index (Phi) is 3.06. The van der Waals surface area contributed by atoms with Crippen molar-refractivity contribution in [1.29, 1.82) is 0 Å². The molecule has 0 atom stereocenters. The van der Waals surface area contributed by atoms with Crippen molar-refractivity contribution in [1.82, 2.24) is 0 Å². The molecule has 0 N–H and O–H groups in total.